The van der Waals surface area contributed by atoms with Crippen molar-refractivity contribution in [3.8, 4) is 17.2 Å². The Balaban J connectivity index is 1.58. The number of carbonyl (C=O) groups excluding carboxylic acids is 1. The molecule has 0 aromatic heterocycles. The van der Waals surface area contributed by atoms with Crippen molar-refractivity contribution < 1.29 is 39.1 Å². The number of epoxide rings is 2. The van der Waals surface area contributed by atoms with Crippen molar-refractivity contribution in [2.24, 2.45) is 0 Å². The summed E-state index contributed by atoms with van der Waals surface area (Å²) >= 11 is 12.6. The largest absolute Gasteiger partial charge is 0.506 e. The number of phenolic OH excluding ortho intramolecular Hbond substituents is 2. The van der Waals surface area contributed by atoms with E-state index in [1.807, 2.05) is 0 Å². The van der Waals surface area contributed by atoms with Gasteiger partial charge in [0.05, 0.1) is 15.6 Å². The maximum atomic E-state index is 13.0. The topological polar surface area (TPSA) is 121 Å². The van der Waals surface area contributed by atoms with Crippen LogP contribution in [0.4, 0.5) is 0 Å². The number of benzene rings is 2. The molecule has 8 rings (SSSR count). The van der Waals surface area contributed by atoms with Crippen LogP contribution in [0.25, 0.3) is 0 Å². The van der Waals surface area contributed by atoms with E-state index in [1.165, 1.54) is 12.1 Å². The summed E-state index contributed by atoms with van der Waals surface area (Å²) in [6.07, 6.45) is -3.95. The molecule has 2 saturated heterocycles. The van der Waals surface area contributed by atoms with E-state index in [-0.39, 0.29) is 38.4 Å². The van der Waals surface area contributed by atoms with E-state index in [2.05, 4.69) is 0 Å². The lowest BCUT2D eigenvalue weighted by Crippen LogP contribution is -2.52. The standard InChI is InChI=1S/C20H10Cl2O8/c21-4-1-3-9-7(11(4)23)13(25)16-18(28-16)20(9)29-6-2-5(22)12(24)8-10(6)19(3,30-20)17-15(27-17)14(8)26/h1-2,14-18,23-24,26H. The molecule has 4 aliphatic heterocycles. The van der Waals surface area contributed by atoms with Gasteiger partial charge < -0.3 is 34.3 Å². The predicted octanol–water partition coefficient (Wildman–Crippen LogP) is 2.00. The van der Waals surface area contributed by atoms with E-state index in [0.717, 1.165) is 0 Å². The number of aromatic hydroxyl groups is 2. The van der Waals surface area contributed by atoms with Crippen LogP contribution in [-0.4, -0.2) is 45.5 Å². The molecule has 2 fully saturated rings. The van der Waals surface area contributed by atoms with Crippen LogP contribution in [0.15, 0.2) is 12.1 Å². The first-order valence-corrected chi connectivity index (χ1v) is 10.1. The Kier molecular flexibility index (Phi) is 2.45. The molecule has 4 heterocycles. The lowest BCUT2D eigenvalue weighted by atomic mass is 9.72. The molecule has 152 valence electrons. The molecule has 6 aliphatic rings. The molecule has 8 nitrogen and oxygen atoms in total. The minimum Gasteiger partial charge on any atom is -0.506 e. The third kappa shape index (κ3) is 1.41. The van der Waals surface area contributed by atoms with Crippen LogP contribution in [-0.2, 0) is 25.6 Å². The molecular formula is C20H10Cl2O8. The van der Waals surface area contributed by atoms with Gasteiger partial charge in [0.25, 0.3) is 5.79 Å². The second-order valence-electron chi connectivity index (χ2n) is 8.41. The van der Waals surface area contributed by atoms with E-state index < -0.39 is 47.7 Å². The number of carbonyl (C=O) groups is 1. The summed E-state index contributed by atoms with van der Waals surface area (Å²) in [5.41, 5.74) is 0.0604. The first-order chi connectivity index (χ1) is 14.3. The summed E-state index contributed by atoms with van der Waals surface area (Å²) in [6, 6.07) is 2.97. The summed E-state index contributed by atoms with van der Waals surface area (Å²) in [5.74, 6) is -2.27. The molecule has 3 N–H and O–H groups in total. The lowest BCUT2D eigenvalue weighted by Gasteiger charge is -2.44. The first-order valence-electron chi connectivity index (χ1n) is 9.36. The van der Waals surface area contributed by atoms with E-state index in [1.54, 1.807) is 0 Å². The lowest BCUT2D eigenvalue weighted by molar-refractivity contribution is -0.263. The summed E-state index contributed by atoms with van der Waals surface area (Å²) < 4.78 is 24.3. The van der Waals surface area contributed by atoms with Gasteiger partial charge in [0.15, 0.2) is 23.6 Å². The van der Waals surface area contributed by atoms with Crippen molar-refractivity contribution in [3.05, 3.63) is 50.0 Å². The minimum absolute atomic E-state index is 0.0000559. The van der Waals surface area contributed by atoms with Gasteiger partial charge in [-0.15, -0.1) is 0 Å². The van der Waals surface area contributed by atoms with Gasteiger partial charge >= 0.3 is 0 Å². The van der Waals surface area contributed by atoms with Crippen molar-refractivity contribution in [1.82, 2.24) is 0 Å². The Labute approximate surface area is 177 Å². The molecule has 0 saturated carbocycles. The number of hydrogen-bond donors (Lipinski definition) is 3. The number of aliphatic hydroxyl groups is 1. The Morgan fingerprint density at radius 1 is 1.00 bits per heavy atom. The van der Waals surface area contributed by atoms with E-state index in [9.17, 15) is 20.1 Å². The third-order valence-electron chi connectivity index (χ3n) is 7.11. The maximum Gasteiger partial charge on any atom is 0.269 e. The van der Waals surface area contributed by atoms with Crippen molar-refractivity contribution in [2.75, 3.05) is 0 Å². The van der Waals surface area contributed by atoms with Crippen molar-refractivity contribution >= 4 is 29.0 Å². The quantitative estimate of drug-likeness (QED) is 0.523. The van der Waals surface area contributed by atoms with Gasteiger partial charge in [0.2, 0.25) is 0 Å². The number of fused-ring (bicyclic) bond motifs is 2. The van der Waals surface area contributed by atoms with Crippen molar-refractivity contribution in [2.45, 2.75) is 41.9 Å². The normalized spacial score (nSPS) is 42.0. The van der Waals surface area contributed by atoms with E-state index >= 15 is 0 Å². The van der Waals surface area contributed by atoms with Gasteiger partial charge in [0, 0.05) is 28.3 Å². The molecule has 0 radical (unpaired) electrons. The zero-order chi connectivity index (χ0) is 20.5. The van der Waals surface area contributed by atoms with Crippen LogP contribution in [0.2, 0.25) is 10.0 Å². The van der Waals surface area contributed by atoms with Gasteiger partial charge in [-0.25, -0.2) is 0 Å². The minimum atomic E-state index is -1.51. The highest BCUT2D eigenvalue weighted by Crippen LogP contribution is 2.73. The Morgan fingerprint density at radius 2 is 1.77 bits per heavy atom. The van der Waals surface area contributed by atoms with E-state index in [4.69, 9.17) is 42.1 Å². The summed E-state index contributed by atoms with van der Waals surface area (Å²) in [6.45, 7) is 0. The average molecular weight is 449 g/mol. The number of ketones is 1. The second-order valence-corrected chi connectivity index (χ2v) is 9.23. The highest BCUT2D eigenvalue weighted by molar-refractivity contribution is 6.33. The summed E-state index contributed by atoms with van der Waals surface area (Å²) in [7, 11) is 0. The molecule has 2 aliphatic carbocycles. The zero-order valence-electron chi connectivity index (χ0n) is 14.7. The Hall–Kier alpha value is -2.07. The highest BCUT2D eigenvalue weighted by Gasteiger charge is 2.81. The fourth-order valence-corrected chi connectivity index (χ4v) is 6.30. The fraction of sp³-hybridized carbons (Fsp3) is 0.350. The molecular weight excluding hydrogens is 439 g/mol. The van der Waals surface area contributed by atoms with Crippen molar-refractivity contribution in [1.29, 1.82) is 0 Å². The number of halogens is 2. The molecule has 30 heavy (non-hydrogen) atoms. The number of aliphatic hydroxyl groups excluding tert-OH is 1. The van der Waals surface area contributed by atoms with Gasteiger partial charge in [-0.05, 0) is 6.07 Å². The number of Topliss-reactive ketones (excluding diaryl/α,β-unsaturated/α-hetero) is 1. The third-order valence-corrected chi connectivity index (χ3v) is 7.68. The van der Waals surface area contributed by atoms with Crippen LogP contribution in [0.1, 0.15) is 38.7 Å². The highest BCUT2D eigenvalue weighted by atomic mass is 35.5. The number of phenols is 2. The van der Waals surface area contributed by atoms with E-state index in [0.29, 0.717) is 16.7 Å². The molecule has 7 atom stereocenters. The number of rotatable bonds is 0. The SMILES string of the molecule is O=C1c2c(O)c(Cl)cc3c2C2(Oc4cc(Cl)c(O)c5c4C3(O2)C2OC2C5O)C2OC12. The van der Waals surface area contributed by atoms with Crippen molar-refractivity contribution in [3.63, 3.8) is 0 Å². The van der Waals surface area contributed by atoms with Crippen LogP contribution in [0.5, 0.6) is 17.2 Å². The number of ether oxygens (including phenoxy) is 4. The average Bonchev–Trinajstić information content (AvgIpc) is 3.60. The maximum absolute atomic E-state index is 13.0. The number of hydrogen-bond acceptors (Lipinski definition) is 8. The summed E-state index contributed by atoms with van der Waals surface area (Å²) in [4.78, 5) is 13.0. The second kappa shape index (κ2) is 4.43. The molecule has 10 heteroatoms. The molecule has 7 unspecified atom stereocenters. The monoisotopic (exact) mass is 448 g/mol. The Morgan fingerprint density at radius 3 is 2.57 bits per heavy atom. The molecule has 0 amide bonds. The van der Waals surface area contributed by atoms with Crippen LogP contribution < -0.4 is 4.74 Å². The Bertz CT molecular complexity index is 1290. The molecule has 2 bridgehead atoms. The van der Waals surface area contributed by atoms with Gasteiger partial charge in [-0.1, -0.05) is 23.2 Å². The fourth-order valence-electron chi connectivity index (χ4n) is 5.90. The molecule has 2 aromatic rings. The van der Waals surface area contributed by atoms with Gasteiger partial charge in [0.1, 0.15) is 35.6 Å². The van der Waals surface area contributed by atoms with Crippen LogP contribution >= 0.6 is 23.2 Å². The predicted molar refractivity (Wildman–Crippen MR) is 97.0 cm³/mol. The molecule has 2 aromatic carbocycles. The molecule has 2 spiro atoms. The van der Waals surface area contributed by atoms with Gasteiger partial charge in [-0.2, -0.15) is 0 Å². The van der Waals surface area contributed by atoms with Crippen LogP contribution in [0.3, 0.4) is 0 Å². The van der Waals surface area contributed by atoms with Crippen LogP contribution in [0, 0.1) is 0 Å². The smallest absolute Gasteiger partial charge is 0.269 e. The van der Waals surface area contributed by atoms with Gasteiger partial charge in [-0.3, -0.25) is 4.79 Å². The first kappa shape index (κ1) is 16.6. The zero-order valence-corrected chi connectivity index (χ0v) is 16.2. The summed E-state index contributed by atoms with van der Waals surface area (Å²) in [5, 5.41) is 32.1.